The summed E-state index contributed by atoms with van der Waals surface area (Å²) in [7, 11) is 1.70. The molecular formula is C20H40N6O4. The van der Waals surface area contributed by atoms with Gasteiger partial charge in [-0.25, -0.2) is 9.59 Å². The molecule has 1 aliphatic heterocycles. The smallest absolute Gasteiger partial charge is 0.410 e. The molecule has 0 aromatic heterocycles. The van der Waals surface area contributed by atoms with Gasteiger partial charge in [0.2, 0.25) is 0 Å². The van der Waals surface area contributed by atoms with E-state index in [1.54, 1.807) is 11.9 Å². The quantitative estimate of drug-likeness (QED) is 0.332. The molecule has 0 aromatic rings. The van der Waals surface area contributed by atoms with E-state index in [2.05, 4.69) is 25.8 Å². The number of rotatable bonds is 6. The molecule has 0 aromatic carbocycles. The highest BCUT2D eigenvalue weighted by Crippen LogP contribution is 2.11. The van der Waals surface area contributed by atoms with Crippen LogP contribution in [0, 0.1) is 0 Å². The summed E-state index contributed by atoms with van der Waals surface area (Å²) in [6.45, 7) is 16.6. The van der Waals surface area contributed by atoms with E-state index in [0.717, 1.165) is 26.2 Å². The summed E-state index contributed by atoms with van der Waals surface area (Å²) in [6.07, 6.45) is -0.678. The van der Waals surface area contributed by atoms with Crippen molar-refractivity contribution in [1.29, 1.82) is 0 Å². The molecule has 0 radical (unpaired) electrons. The van der Waals surface area contributed by atoms with Crippen LogP contribution in [0.3, 0.4) is 0 Å². The molecule has 1 fully saturated rings. The fraction of sp³-hybridized carbons (Fsp3) is 0.850. The maximum Gasteiger partial charge on any atom is 0.410 e. The fourth-order valence-corrected chi connectivity index (χ4v) is 2.69. The van der Waals surface area contributed by atoms with E-state index in [9.17, 15) is 9.59 Å². The normalized spacial score (nSPS) is 16.1. The van der Waals surface area contributed by atoms with Gasteiger partial charge in [-0.3, -0.25) is 9.89 Å². The number of nitrogens with zero attached hydrogens (tertiary/aromatic N) is 3. The van der Waals surface area contributed by atoms with Crippen molar-refractivity contribution in [3.63, 3.8) is 0 Å². The van der Waals surface area contributed by atoms with Gasteiger partial charge in [0, 0.05) is 59.4 Å². The molecule has 174 valence electrons. The zero-order valence-corrected chi connectivity index (χ0v) is 19.6. The van der Waals surface area contributed by atoms with Gasteiger partial charge in [-0.05, 0) is 41.5 Å². The van der Waals surface area contributed by atoms with Crippen molar-refractivity contribution < 1.29 is 19.1 Å². The second-order valence-corrected chi connectivity index (χ2v) is 9.16. The van der Waals surface area contributed by atoms with Gasteiger partial charge in [0.25, 0.3) is 0 Å². The molecule has 1 rings (SSSR count). The number of piperazine rings is 1. The second-order valence-electron chi connectivity index (χ2n) is 9.16. The van der Waals surface area contributed by atoms with Crippen LogP contribution in [0.2, 0.25) is 0 Å². The van der Waals surface area contributed by atoms with Crippen molar-refractivity contribution in [3.05, 3.63) is 0 Å². The van der Waals surface area contributed by atoms with Gasteiger partial charge >= 0.3 is 12.2 Å². The predicted molar refractivity (Wildman–Crippen MR) is 118 cm³/mol. The van der Waals surface area contributed by atoms with Crippen molar-refractivity contribution in [1.82, 2.24) is 25.8 Å². The monoisotopic (exact) mass is 428 g/mol. The number of ether oxygens (including phenoxy) is 2. The number of guanidine groups is 1. The molecular weight excluding hydrogens is 388 g/mol. The van der Waals surface area contributed by atoms with E-state index in [-0.39, 0.29) is 6.09 Å². The Labute approximate surface area is 180 Å². The number of carbonyl (C=O) groups is 2. The zero-order valence-electron chi connectivity index (χ0n) is 19.6. The molecule has 1 heterocycles. The highest BCUT2D eigenvalue weighted by molar-refractivity contribution is 5.79. The van der Waals surface area contributed by atoms with Gasteiger partial charge in [-0.1, -0.05) is 0 Å². The molecule has 2 amide bonds. The summed E-state index contributed by atoms with van der Waals surface area (Å²) in [5.74, 6) is 0.674. The summed E-state index contributed by atoms with van der Waals surface area (Å²) in [5, 5.41) is 9.10. The lowest BCUT2D eigenvalue weighted by Gasteiger charge is -2.35. The fourth-order valence-electron chi connectivity index (χ4n) is 2.69. The minimum Gasteiger partial charge on any atom is -0.444 e. The second kappa shape index (κ2) is 11.8. The largest absolute Gasteiger partial charge is 0.444 e. The SMILES string of the molecule is CN=C(NCCNC(=O)OC(C)(C)C)NCCN1CCN(C(=O)OC(C)(C)C)CC1. The Morgan fingerprint density at radius 3 is 1.90 bits per heavy atom. The van der Waals surface area contributed by atoms with Gasteiger partial charge in [0.05, 0.1) is 0 Å². The van der Waals surface area contributed by atoms with Crippen LogP contribution in [0.1, 0.15) is 41.5 Å². The molecule has 1 saturated heterocycles. The average Bonchev–Trinajstić information content (AvgIpc) is 2.61. The summed E-state index contributed by atoms with van der Waals surface area (Å²) >= 11 is 0. The van der Waals surface area contributed by atoms with Gasteiger partial charge < -0.3 is 30.3 Å². The third-order valence-electron chi connectivity index (χ3n) is 4.05. The van der Waals surface area contributed by atoms with E-state index in [0.29, 0.717) is 32.1 Å². The van der Waals surface area contributed by atoms with Crippen molar-refractivity contribution >= 4 is 18.1 Å². The first-order chi connectivity index (χ1) is 13.9. The summed E-state index contributed by atoms with van der Waals surface area (Å²) in [4.78, 5) is 32.0. The molecule has 0 bridgehead atoms. The van der Waals surface area contributed by atoms with E-state index in [1.807, 2.05) is 41.5 Å². The maximum absolute atomic E-state index is 12.1. The van der Waals surface area contributed by atoms with Gasteiger partial charge in [-0.15, -0.1) is 0 Å². The first kappa shape index (κ1) is 25.8. The van der Waals surface area contributed by atoms with Crippen molar-refractivity contribution in [2.24, 2.45) is 4.99 Å². The lowest BCUT2D eigenvalue weighted by molar-refractivity contribution is 0.0147. The predicted octanol–water partition coefficient (Wildman–Crippen LogP) is 1.23. The molecule has 0 saturated carbocycles. The number of hydrogen-bond acceptors (Lipinski definition) is 6. The molecule has 0 aliphatic carbocycles. The van der Waals surface area contributed by atoms with Crippen LogP contribution in [0.4, 0.5) is 9.59 Å². The molecule has 10 nitrogen and oxygen atoms in total. The van der Waals surface area contributed by atoms with Crippen molar-refractivity contribution in [2.45, 2.75) is 52.7 Å². The standard InChI is InChI=1S/C20H40N6O4/c1-19(2,3)29-17(27)24-9-8-22-16(21-7)23-10-11-25-12-14-26(15-13-25)18(28)30-20(4,5)6/h8-15H2,1-7H3,(H,24,27)(H2,21,22,23). The minimum absolute atomic E-state index is 0.245. The number of hydrogen-bond donors (Lipinski definition) is 3. The molecule has 10 heteroatoms. The van der Waals surface area contributed by atoms with Crippen LogP contribution >= 0.6 is 0 Å². The maximum atomic E-state index is 12.1. The first-order valence-corrected chi connectivity index (χ1v) is 10.5. The zero-order chi connectivity index (χ0) is 22.8. The lowest BCUT2D eigenvalue weighted by Crippen LogP contribution is -2.52. The van der Waals surface area contributed by atoms with E-state index >= 15 is 0 Å². The van der Waals surface area contributed by atoms with E-state index in [1.165, 1.54) is 0 Å². The van der Waals surface area contributed by atoms with Crippen LogP contribution < -0.4 is 16.0 Å². The van der Waals surface area contributed by atoms with Crippen LogP contribution in [0.25, 0.3) is 0 Å². The molecule has 0 atom stereocenters. The van der Waals surface area contributed by atoms with Gasteiger partial charge in [0.1, 0.15) is 11.2 Å². The topological polar surface area (TPSA) is 108 Å². The van der Waals surface area contributed by atoms with Gasteiger partial charge in [0.15, 0.2) is 5.96 Å². The van der Waals surface area contributed by atoms with Crippen molar-refractivity contribution in [3.8, 4) is 0 Å². The molecule has 0 unspecified atom stereocenters. The average molecular weight is 429 g/mol. The van der Waals surface area contributed by atoms with Gasteiger partial charge in [-0.2, -0.15) is 0 Å². The van der Waals surface area contributed by atoms with Crippen LogP contribution in [0.5, 0.6) is 0 Å². The third-order valence-corrected chi connectivity index (χ3v) is 4.05. The first-order valence-electron chi connectivity index (χ1n) is 10.5. The number of aliphatic imine (C=N–C) groups is 1. The number of amides is 2. The van der Waals surface area contributed by atoms with E-state index < -0.39 is 17.3 Å². The Hall–Kier alpha value is -2.23. The molecule has 1 aliphatic rings. The van der Waals surface area contributed by atoms with Crippen molar-refractivity contribution in [2.75, 3.05) is 59.4 Å². The molecule has 3 N–H and O–H groups in total. The highest BCUT2D eigenvalue weighted by atomic mass is 16.6. The Kier molecular flexibility index (Phi) is 10.2. The number of carbonyl (C=O) groups excluding carboxylic acids is 2. The van der Waals surface area contributed by atoms with E-state index in [4.69, 9.17) is 9.47 Å². The Bertz CT molecular complexity index is 575. The van der Waals surface area contributed by atoms with Crippen LogP contribution in [-0.2, 0) is 9.47 Å². The summed E-state index contributed by atoms with van der Waals surface area (Å²) < 4.78 is 10.6. The highest BCUT2D eigenvalue weighted by Gasteiger charge is 2.25. The minimum atomic E-state index is -0.506. The van der Waals surface area contributed by atoms with Crippen LogP contribution in [0.15, 0.2) is 4.99 Å². The third kappa shape index (κ3) is 11.7. The Morgan fingerprint density at radius 1 is 0.833 bits per heavy atom. The Morgan fingerprint density at radius 2 is 1.37 bits per heavy atom. The molecule has 0 spiro atoms. The Balaban J connectivity index is 2.18. The summed E-state index contributed by atoms with van der Waals surface area (Å²) in [5.41, 5.74) is -0.975. The number of nitrogens with one attached hydrogen (secondary N) is 3. The number of alkyl carbamates (subject to hydrolysis) is 1. The summed E-state index contributed by atoms with van der Waals surface area (Å²) in [6, 6.07) is 0. The lowest BCUT2D eigenvalue weighted by atomic mass is 10.2. The van der Waals surface area contributed by atoms with Crippen LogP contribution in [-0.4, -0.2) is 98.6 Å². The molecule has 30 heavy (non-hydrogen) atoms.